The number of nitrogens with zero attached hydrogens (tertiary/aromatic N) is 2. The lowest BCUT2D eigenvalue weighted by molar-refractivity contribution is 0.0598. The van der Waals surface area contributed by atoms with E-state index < -0.39 is 5.97 Å². The molecule has 3 aliphatic rings. The topological polar surface area (TPSA) is 79.0 Å². The molecule has 2 aromatic rings. The zero-order valence-corrected chi connectivity index (χ0v) is 18.5. The second kappa shape index (κ2) is 8.38. The van der Waals surface area contributed by atoms with Crippen LogP contribution in [0.5, 0.6) is 0 Å². The van der Waals surface area contributed by atoms with Crippen LogP contribution < -0.4 is 10.2 Å². The third kappa shape index (κ3) is 3.77. The molecule has 0 saturated carbocycles. The van der Waals surface area contributed by atoms with Gasteiger partial charge in [-0.3, -0.25) is 14.5 Å². The fraction of sp³-hybridized carbons (Fsp3) is 0.346. The van der Waals surface area contributed by atoms with Crippen molar-refractivity contribution in [3.63, 3.8) is 0 Å². The molecule has 1 spiro atoms. The van der Waals surface area contributed by atoms with Crippen molar-refractivity contribution in [3.8, 4) is 11.8 Å². The Morgan fingerprint density at radius 3 is 2.36 bits per heavy atom. The van der Waals surface area contributed by atoms with Gasteiger partial charge in [0, 0.05) is 29.8 Å². The highest BCUT2D eigenvalue weighted by Gasteiger charge is 2.43. The SMILES string of the molecule is COC(=O)c1ccc(N2CC3(CCNCC3)C2)cc1C#CCN1C(=O)c2ccccc2C1=O. The van der Waals surface area contributed by atoms with Crippen LogP contribution in [-0.4, -0.2) is 62.5 Å². The summed E-state index contributed by atoms with van der Waals surface area (Å²) >= 11 is 0. The first-order valence-corrected chi connectivity index (χ1v) is 11.1. The number of ether oxygens (including phenoxy) is 1. The van der Waals surface area contributed by atoms with Crippen molar-refractivity contribution in [1.82, 2.24) is 10.2 Å². The summed E-state index contributed by atoms with van der Waals surface area (Å²) in [6.07, 6.45) is 2.35. The number of nitrogens with one attached hydrogen (secondary N) is 1. The van der Waals surface area contributed by atoms with E-state index in [-0.39, 0.29) is 18.4 Å². The van der Waals surface area contributed by atoms with Crippen molar-refractivity contribution in [1.29, 1.82) is 0 Å². The van der Waals surface area contributed by atoms with Crippen LogP contribution in [0.2, 0.25) is 0 Å². The molecular weight excluding hydrogens is 418 g/mol. The lowest BCUT2D eigenvalue weighted by atomic mass is 9.72. The van der Waals surface area contributed by atoms with E-state index in [9.17, 15) is 14.4 Å². The number of amides is 2. The van der Waals surface area contributed by atoms with Crippen LogP contribution in [-0.2, 0) is 4.74 Å². The molecule has 7 nitrogen and oxygen atoms in total. The minimum absolute atomic E-state index is 0.0446. The van der Waals surface area contributed by atoms with Crippen molar-refractivity contribution in [2.24, 2.45) is 5.41 Å². The molecule has 33 heavy (non-hydrogen) atoms. The van der Waals surface area contributed by atoms with Gasteiger partial charge in [-0.1, -0.05) is 24.0 Å². The van der Waals surface area contributed by atoms with Crippen LogP contribution in [0.3, 0.4) is 0 Å². The van der Waals surface area contributed by atoms with Gasteiger partial charge in [0.15, 0.2) is 0 Å². The number of rotatable bonds is 3. The molecule has 7 heteroatoms. The normalized spacial score (nSPS) is 18.5. The summed E-state index contributed by atoms with van der Waals surface area (Å²) in [7, 11) is 1.34. The Bertz CT molecular complexity index is 1160. The highest BCUT2D eigenvalue weighted by Crippen LogP contribution is 2.41. The molecule has 2 aromatic carbocycles. The Hall–Kier alpha value is -3.63. The van der Waals surface area contributed by atoms with E-state index in [1.807, 2.05) is 12.1 Å². The lowest BCUT2D eigenvalue weighted by Crippen LogP contribution is -2.60. The smallest absolute Gasteiger partial charge is 0.339 e. The molecule has 0 aromatic heterocycles. The highest BCUT2D eigenvalue weighted by atomic mass is 16.5. The van der Waals surface area contributed by atoms with Crippen LogP contribution in [0.1, 0.15) is 49.5 Å². The first kappa shape index (κ1) is 21.2. The molecule has 1 N–H and O–H groups in total. The van der Waals surface area contributed by atoms with Crippen LogP contribution in [0.4, 0.5) is 5.69 Å². The lowest BCUT2D eigenvalue weighted by Gasteiger charge is -2.53. The number of imide groups is 1. The van der Waals surface area contributed by atoms with Crippen molar-refractivity contribution in [2.45, 2.75) is 12.8 Å². The molecule has 0 aliphatic carbocycles. The Morgan fingerprint density at radius 1 is 1.06 bits per heavy atom. The van der Waals surface area contributed by atoms with Gasteiger partial charge in [0.25, 0.3) is 11.8 Å². The monoisotopic (exact) mass is 443 g/mol. The van der Waals surface area contributed by atoms with Gasteiger partial charge in [-0.15, -0.1) is 0 Å². The van der Waals surface area contributed by atoms with E-state index in [0.717, 1.165) is 36.8 Å². The van der Waals surface area contributed by atoms with Gasteiger partial charge in [-0.2, -0.15) is 0 Å². The number of fused-ring (bicyclic) bond motifs is 1. The number of carbonyl (C=O) groups excluding carboxylic acids is 3. The third-order valence-electron chi connectivity index (χ3n) is 6.83. The standard InChI is InChI=1S/C26H25N3O4/c1-33-25(32)20-9-8-19(28-16-26(17-28)10-12-27-13-11-26)15-18(20)5-4-14-29-23(30)21-6-2-3-7-22(21)24(29)31/h2-3,6-9,15,27H,10-14,16-17H2,1H3. The molecule has 0 atom stereocenters. The number of carbonyl (C=O) groups is 3. The molecule has 2 fully saturated rings. The molecule has 5 rings (SSSR count). The molecule has 2 amide bonds. The van der Waals surface area contributed by atoms with Crippen LogP contribution in [0.25, 0.3) is 0 Å². The molecule has 0 radical (unpaired) electrons. The van der Waals surface area contributed by atoms with Gasteiger partial charge in [0.2, 0.25) is 0 Å². The zero-order chi connectivity index (χ0) is 23.0. The van der Waals surface area contributed by atoms with Gasteiger partial charge in [0.1, 0.15) is 0 Å². The molecule has 3 aliphatic heterocycles. The molecule has 168 valence electrons. The number of esters is 1. The highest BCUT2D eigenvalue weighted by molar-refractivity contribution is 6.21. The minimum atomic E-state index is -0.468. The Balaban J connectivity index is 1.36. The maximum atomic E-state index is 12.6. The fourth-order valence-electron chi connectivity index (χ4n) is 4.94. The summed E-state index contributed by atoms with van der Waals surface area (Å²) in [5, 5.41) is 3.42. The molecule has 3 heterocycles. The maximum absolute atomic E-state index is 12.6. The largest absolute Gasteiger partial charge is 0.465 e. The summed E-state index contributed by atoms with van der Waals surface area (Å²) in [4.78, 5) is 40.8. The average molecular weight is 444 g/mol. The quantitative estimate of drug-likeness (QED) is 0.446. The predicted molar refractivity (Wildman–Crippen MR) is 123 cm³/mol. The second-order valence-corrected chi connectivity index (χ2v) is 8.87. The van der Waals surface area contributed by atoms with E-state index in [4.69, 9.17) is 4.74 Å². The predicted octanol–water partition coefficient (Wildman–Crippen LogP) is 2.31. The van der Waals surface area contributed by atoms with Crippen LogP contribution in [0.15, 0.2) is 42.5 Å². The number of methoxy groups -OCH3 is 1. The Kier molecular flexibility index (Phi) is 5.39. The summed E-state index contributed by atoms with van der Waals surface area (Å²) in [5.41, 5.74) is 3.08. The minimum Gasteiger partial charge on any atom is -0.465 e. The Morgan fingerprint density at radius 2 is 1.73 bits per heavy atom. The van der Waals surface area contributed by atoms with E-state index in [2.05, 4.69) is 22.1 Å². The van der Waals surface area contributed by atoms with Gasteiger partial charge in [0.05, 0.1) is 30.3 Å². The van der Waals surface area contributed by atoms with Gasteiger partial charge in [-0.25, -0.2) is 4.79 Å². The molecule has 2 saturated heterocycles. The van der Waals surface area contributed by atoms with Gasteiger partial charge < -0.3 is 15.0 Å². The summed E-state index contributed by atoms with van der Waals surface area (Å²) in [5.74, 6) is 4.76. The van der Waals surface area contributed by atoms with Crippen LogP contribution >= 0.6 is 0 Å². The average Bonchev–Trinajstić information content (AvgIpc) is 3.07. The first-order chi connectivity index (χ1) is 16.0. The van der Waals surface area contributed by atoms with E-state index in [0.29, 0.717) is 27.7 Å². The van der Waals surface area contributed by atoms with Crippen molar-refractivity contribution in [3.05, 3.63) is 64.7 Å². The van der Waals surface area contributed by atoms with E-state index >= 15 is 0 Å². The number of anilines is 1. The van der Waals surface area contributed by atoms with E-state index in [1.54, 1.807) is 30.3 Å². The maximum Gasteiger partial charge on any atom is 0.339 e. The Labute approximate surface area is 192 Å². The number of benzene rings is 2. The van der Waals surface area contributed by atoms with Gasteiger partial charge >= 0.3 is 5.97 Å². The summed E-state index contributed by atoms with van der Waals surface area (Å²) in [6.45, 7) is 4.06. The number of hydrogen-bond acceptors (Lipinski definition) is 6. The summed E-state index contributed by atoms with van der Waals surface area (Å²) in [6, 6.07) is 12.3. The first-order valence-electron chi connectivity index (χ1n) is 11.1. The third-order valence-corrected chi connectivity index (χ3v) is 6.83. The molecule has 0 bridgehead atoms. The van der Waals surface area contributed by atoms with Crippen molar-refractivity contribution >= 4 is 23.5 Å². The molecular formula is C26H25N3O4. The summed E-state index contributed by atoms with van der Waals surface area (Å²) < 4.78 is 4.92. The van der Waals surface area contributed by atoms with Crippen molar-refractivity contribution < 1.29 is 19.1 Å². The molecule has 0 unspecified atom stereocenters. The number of hydrogen-bond donors (Lipinski definition) is 1. The number of piperidine rings is 1. The van der Waals surface area contributed by atoms with Crippen LogP contribution in [0, 0.1) is 17.3 Å². The second-order valence-electron chi connectivity index (χ2n) is 8.87. The fourth-order valence-corrected chi connectivity index (χ4v) is 4.94. The van der Waals surface area contributed by atoms with Crippen molar-refractivity contribution in [2.75, 3.05) is 44.7 Å². The van der Waals surface area contributed by atoms with Gasteiger partial charge in [-0.05, 0) is 56.3 Å². The van der Waals surface area contributed by atoms with E-state index in [1.165, 1.54) is 20.0 Å². The zero-order valence-electron chi connectivity index (χ0n) is 18.5.